The average molecular weight is 406 g/mol. The predicted octanol–water partition coefficient (Wildman–Crippen LogP) is 0.960. The van der Waals surface area contributed by atoms with Gasteiger partial charge < -0.3 is 20.9 Å². The molecule has 0 radical (unpaired) electrons. The summed E-state index contributed by atoms with van der Waals surface area (Å²) in [5.74, 6) is 0.966. The summed E-state index contributed by atoms with van der Waals surface area (Å²) >= 11 is 0. The van der Waals surface area contributed by atoms with E-state index in [1.165, 1.54) is 5.56 Å². The van der Waals surface area contributed by atoms with Crippen LogP contribution in [-0.2, 0) is 4.74 Å². The van der Waals surface area contributed by atoms with Crippen molar-refractivity contribution in [1.29, 1.82) is 0 Å². The molecule has 1 heterocycles. The summed E-state index contributed by atoms with van der Waals surface area (Å²) in [6, 6.07) is 8.19. The molecule has 1 aliphatic rings. The number of halogens is 1. The summed E-state index contributed by atoms with van der Waals surface area (Å²) in [5, 5.41) is 0. The molecule has 21 heavy (non-hydrogen) atoms. The number of nitrogens with two attached hydrogens (primary N) is 2. The third-order valence-corrected chi connectivity index (χ3v) is 3.43. The van der Waals surface area contributed by atoms with Gasteiger partial charge in [0.2, 0.25) is 0 Å². The fourth-order valence-corrected chi connectivity index (χ4v) is 2.34. The lowest BCUT2D eigenvalue weighted by Crippen LogP contribution is -2.40. The van der Waals surface area contributed by atoms with Crippen LogP contribution in [0.2, 0.25) is 0 Å². The maximum Gasteiger partial charge on any atom is 0.185 e. The van der Waals surface area contributed by atoms with Gasteiger partial charge in [-0.3, -0.25) is 9.89 Å². The first kappa shape index (κ1) is 18.0. The van der Waals surface area contributed by atoms with Crippen LogP contribution in [0.15, 0.2) is 29.3 Å². The number of rotatable bonds is 5. The Kier molecular flexibility index (Phi) is 7.76. The van der Waals surface area contributed by atoms with E-state index < -0.39 is 0 Å². The lowest BCUT2D eigenvalue weighted by Gasteiger charge is -2.34. The number of morpholine rings is 1. The van der Waals surface area contributed by atoms with E-state index in [2.05, 4.69) is 22.0 Å². The topological polar surface area (TPSA) is 86.1 Å². The second kappa shape index (κ2) is 9.06. The van der Waals surface area contributed by atoms with Crippen molar-refractivity contribution in [2.24, 2.45) is 16.5 Å². The smallest absolute Gasteiger partial charge is 0.185 e. The van der Waals surface area contributed by atoms with Crippen molar-refractivity contribution in [1.82, 2.24) is 4.90 Å². The van der Waals surface area contributed by atoms with Crippen LogP contribution in [0.4, 0.5) is 0 Å². The fourth-order valence-electron chi connectivity index (χ4n) is 2.34. The molecular formula is C14H23IN4O2. The van der Waals surface area contributed by atoms with Gasteiger partial charge >= 0.3 is 0 Å². The van der Waals surface area contributed by atoms with Crippen LogP contribution in [0.1, 0.15) is 11.6 Å². The van der Waals surface area contributed by atoms with E-state index in [9.17, 15) is 0 Å². The monoisotopic (exact) mass is 406 g/mol. The highest BCUT2D eigenvalue weighted by atomic mass is 127. The maximum absolute atomic E-state index is 5.46. The van der Waals surface area contributed by atoms with Crippen LogP contribution in [-0.4, -0.2) is 50.8 Å². The minimum absolute atomic E-state index is 0. The van der Waals surface area contributed by atoms with Crippen LogP contribution >= 0.6 is 24.0 Å². The minimum Gasteiger partial charge on any atom is -0.497 e. The van der Waals surface area contributed by atoms with Gasteiger partial charge in [0.1, 0.15) is 5.75 Å². The standard InChI is InChI=1S/C14H22N4O2.HI/c1-19-12-4-2-11(3-5-12)13(10-17-14(15)16)18-6-8-20-9-7-18;/h2-5,13H,6-10H2,1H3,(H4,15,16,17);1H. The zero-order chi connectivity index (χ0) is 14.4. The zero-order valence-electron chi connectivity index (χ0n) is 12.2. The Morgan fingerprint density at radius 3 is 2.43 bits per heavy atom. The van der Waals surface area contributed by atoms with Crippen molar-refractivity contribution in [2.45, 2.75) is 6.04 Å². The Bertz CT molecular complexity index is 443. The van der Waals surface area contributed by atoms with Gasteiger partial charge in [-0.25, -0.2) is 0 Å². The summed E-state index contributed by atoms with van der Waals surface area (Å²) < 4.78 is 10.6. The molecule has 1 aliphatic heterocycles. The average Bonchev–Trinajstić information content (AvgIpc) is 2.49. The Morgan fingerprint density at radius 1 is 1.29 bits per heavy atom. The summed E-state index contributed by atoms with van der Waals surface area (Å²) in [5.41, 5.74) is 12.1. The number of guanidine groups is 1. The number of hydrogen-bond acceptors (Lipinski definition) is 4. The molecule has 1 aromatic rings. The Hall–Kier alpha value is -1.06. The highest BCUT2D eigenvalue weighted by Gasteiger charge is 2.22. The number of nitrogens with zero attached hydrogens (tertiary/aromatic N) is 2. The van der Waals surface area contributed by atoms with Crippen molar-refractivity contribution in [3.05, 3.63) is 29.8 Å². The van der Waals surface area contributed by atoms with E-state index in [-0.39, 0.29) is 36.0 Å². The fraction of sp³-hybridized carbons (Fsp3) is 0.500. The van der Waals surface area contributed by atoms with Gasteiger partial charge in [-0.15, -0.1) is 24.0 Å². The largest absolute Gasteiger partial charge is 0.497 e. The van der Waals surface area contributed by atoms with Gasteiger partial charge in [0.25, 0.3) is 0 Å². The van der Waals surface area contributed by atoms with Crippen LogP contribution in [0.25, 0.3) is 0 Å². The van der Waals surface area contributed by atoms with E-state index in [0.717, 1.165) is 32.1 Å². The summed E-state index contributed by atoms with van der Waals surface area (Å²) in [7, 11) is 1.66. The van der Waals surface area contributed by atoms with Gasteiger partial charge in [0, 0.05) is 13.1 Å². The SMILES string of the molecule is COc1ccc(C(CN=C(N)N)N2CCOCC2)cc1.I. The van der Waals surface area contributed by atoms with Crippen LogP contribution in [0.3, 0.4) is 0 Å². The Morgan fingerprint density at radius 2 is 1.90 bits per heavy atom. The number of ether oxygens (including phenoxy) is 2. The highest BCUT2D eigenvalue weighted by Crippen LogP contribution is 2.24. The molecule has 0 spiro atoms. The normalized spacial score (nSPS) is 16.6. The first-order valence-electron chi connectivity index (χ1n) is 6.72. The molecule has 1 saturated heterocycles. The highest BCUT2D eigenvalue weighted by molar-refractivity contribution is 14.0. The molecule has 1 aromatic carbocycles. The lowest BCUT2D eigenvalue weighted by molar-refractivity contribution is 0.0180. The lowest BCUT2D eigenvalue weighted by atomic mass is 10.0. The first-order chi connectivity index (χ1) is 9.70. The van der Waals surface area contributed by atoms with E-state index in [1.54, 1.807) is 7.11 Å². The molecule has 1 fully saturated rings. The molecule has 0 saturated carbocycles. The summed E-state index contributed by atoms with van der Waals surface area (Å²) in [4.78, 5) is 6.52. The molecule has 0 aromatic heterocycles. The van der Waals surface area contributed by atoms with E-state index in [4.69, 9.17) is 20.9 Å². The summed E-state index contributed by atoms with van der Waals surface area (Å²) in [6.45, 7) is 3.81. The molecule has 6 nitrogen and oxygen atoms in total. The van der Waals surface area contributed by atoms with Gasteiger partial charge in [-0.05, 0) is 17.7 Å². The third kappa shape index (κ3) is 5.33. The van der Waals surface area contributed by atoms with Crippen LogP contribution in [0, 0.1) is 0 Å². The van der Waals surface area contributed by atoms with Crippen molar-refractivity contribution < 1.29 is 9.47 Å². The molecular weight excluding hydrogens is 383 g/mol. The van der Waals surface area contributed by atoms with Gasteiger partial charge in [0.05, 0.1) is 32.9 Å². The predicted molar refractivity (Wildman–Crippen MR) is 94.2 cm³/mol. The second-order valence-corrected chi connectivity index (χ2v) is 4.70. The minimum atomic E-state index is 0. The van der Waals surface area contributed by atoms with E-state index in [0.29, 0.717) is 6.54 Å². The van der Waals surface area contributed by atoms with Crippen LogP contribution < -0.4 is 16.2 Å². The van der Waals surface area contributed by atoms with Gasteiger partial charge in [-0.2, -0.15) is 0 Å². The molecule has 0 aliphatic carbocycles. The van der Waals surface area contributed by atoms with E-state index >= 15 is 0 Å². The molecule has 4 N–H and O–H groups in total. The maximum atomic E-state index is 5.46. The van der Waals surface area contributed by atoms with Gasteiger partial charge in [-0.1, -0.05) is 12.1 Å². The second-order valence-electron chi connectivity index (χ2n) is 4.70. The number of benzene rings is 1. The third-order valence-electron chi connectivity index (χ3n) is 3.43. The first-order valence-corrected chi connectivity index (χ1v) is 6.72. The summed E-state index contributed by atoms with van der Waals surface area (Å²) in [6.07, 6.45) is 0. The Balaban J connectivity index is 0.00000220. The molecule has 2 rings (SSSR count). The Labute approximate surface area is 142 Å². The molecule has 1 unspecified atom stereocenters. The molecule has 0 bridgehead atoms. The van der Waals surface area contributed by atoms with Gasteiger partial charge in [0.15, 0.2) is 5.96 Å². The van der Waals surface area contributed by atoms with Crippen molar-refractivity contribution in [3.63, 3.8) is 0 Å². The molecule has 0 amide bonds. The number of methoxy groups -OCH3 is 1. The number of aliphatic imine (C=N–C) groups is 1. The van der Waals surface area contributed by atoms with Crippen molar-refractivity contribution in [3.8, 4) is 5.75 Å². The van der Waals surface area contributed by atoms with Crippen molar-refractivity contribution >= 4 is 29.9 Å². The quantitative estimate of drug-likeness (QED) is 0.432. The molecule has 1 atom stereocenters. The molecule has 7 heteroatoms. The zero-order valence-corrected chi connectivity index (χ0v) is 14.5. The van der Waals surface area contributed by atoms with Crippen molar-refractivity contribution in [2.75, 3.05) is 40.0 Å². The number of hydrogen-bond donors (Lipinski definition) is 2. The van der Waals surface area contributed by atoms with Crippen LogP contribution in [0.5, 0.6) is 5.75 Å². The van der Waals surface area contributed by atoms with E-state index in [1.807, 2.05) is 12.1 Å². The molecule has 118 valence electrons.